The highest BCUT2D eigenvalue weighted by atomic mass is 127. The summed E-state index contributed by atoms with van der Waals surface area (Å²) in [6.07, 6.45) is 7.65. The second kappa shape index (κ2) is 5.40. The summed E-state index contributed by atoms with van der Waals surface area (Å²) in [5.74, 6) is 0. The van der Waals surface area contributed by atoms with E-state index in [4.69, 9.17) is 0 Å². The first-order chi connectivity index (χ1) is 7.51. The normalized spacial score (nSPS) is 24.4. The monoisotopic (exact) mass is 564 g/mol. The molecule has 84 valence electrons. The molecule has 0 saturated heterocycles. The topological polar surface area (TPSA) is 0 Å². The van der Waals surface area contributed by atoms with E-state index in [1.54, 1.807) is 0 Å². The van der Waals surface area contributed by atoms with Gasteiger partial charge in [-0.15, -0.1) is 0 Å². The van der Waals surface area contributed by atoms with Gasteiger partial charge < -0.3 is 0 Å². The van der Waals surface area contributed by atoms with Crippen molar-refractivity contribution in [2.75, 3.05) is 0 Å². The molecule has 0 aromatic heterocycles. The van der Waals surface area contributed by atoms with Gasteiger partial charge in [0.15, 0.2) is 0 Å². The third-order valence-electron chi connectivity index (χ3n) is 2.48. The van der Waals surface area contributed by atoms with E-state index in [0.29, 0.717) is 0 Å². The predicted octanol–water partition coefficient (Wildman–Crippen LogP) is 5.92. The van der Waals surface area contributed by atoms with Crippen LogP contribution in [-0.4, -0.2) is 0 Å². The lowest BCUT2D eigenvalue weighted by atomic mass is 9.92. The van der Waals surface area contributed by atoms with Crippen LogP contribution < -0.4 is 0 Å². The van der Waals surface area contributed by atoms with Crippen LogP contribution in [0.5, 0.6) is 0 Å². The Morgan fingerprint density at radius 2 is 2.00 bits per heavy atom. The largest absolute Gasteiger partial charge is 0.0751 e. The zero-order valence-corrected chi connectivity index (χ0v) is 15.7. The van der Waals surface area contributed by atoms with E-state index in [1.807, 2.05) is 0 Å². The molecule has 0 heterocycles. The molecule has 1 aliphatic carbocycles. The first kappa shape index (κ1) is 13.5. The molecule has 1 aromatic rings. The van der Waals surface area contributed by atoms with Crippen LogP contribution in [0, 0.1) is 3.57 Å². The Balaban J connectivity index is 2.45. The maximum absolute atomic E-state index is 3.86. The van der Waals surface area contributed by atoms with E-state index in [0.717, 1.165) is 10.9 Å². The van der Waals surface area contributed by atoms with Gasteiger partial charge >= 0.3 is 0 Å². The fourth-order valence-corrected chi connectivity index (χ4v) is 4.18. The van der Waals surface area contributed by atoms with Crippen molar-refractivity contribution >= 4 is 77.0 Å². The molecule has 0 N–H and O–H groups in total. The van der Waals surface area contributed by atoms with Gasteiger partial charge in [0, 0.05) is 11.6 Å². The van der Waals surface area contributed by atoms with Gasteiger partial charge in [-0.25, -0.2) is 0 Å². The van der Waals surface area contributed by atoms with Crippen LogP contribution in [0.1, 0.15) is 12.0 Å². The van der Waals surface area contributed by atoms with E-state index >= 15 is 0 Å². The Kier molecular flexibility index (Phi) is 4.57. The molecule has 2 rings (SSSR count). The third-order valence-corrected chi connectivity index (χ3v) is 5.73. The number of allylic oxidation sites excluding steroid dienone is 4. The van der Waals surface area contributed by atoms with Crippen molar-refractivity contribution in [3.05, 3.63) is 53.6 Å². The first-order valence-corrected chi connectivity index (χ1v) is 8.45. The molecule has 0 fully saturated rings. The molecule has 0 nitrogen and oxygen atoms in total. The summed E-state index contributed by atoms with van der Waals surface area (Å²) >= 11 is 12.1. The number of halogens is 4. The van der Waals surface area contributed by atoms with Crippen molar-refractivity contribution in [3.8, 4) is 0 Å². The summed E-state index contributed by atoms with van der Waals surface area (Å²) < 4.78 is 3.66. The summed E-state index contributed by atoms with van der Waals surface area (Å²) in [6, 6.07) is 6.40. The van der Waals surface area contributed by atoms with Crippen LogP contribution in [0.15, 0.2) is 44.5 Å². The summed E-state index contributed by atoms with van der Waals surface area (Å²) in [5.41, 5.74) is 1.32. The van der Waals surface area contributed by atoms with Gasteiger partial charge in [0.2, 0.25) is 0 Å². The highest BCUT2D eigenvalue weighted by molar-refractivity contribution is 14.1. The highest BCUT2D eigenvalue weighted by Crippen LogP contribution is 2.43. The molecule has 1 aromatic carbocycles. The Hall–Kier alpha value is 1.12. The summed E-state index contributed by atoms with van der Waals surface area (Å²) in [7, 11) is 0. The molecule has 1 aliphatic rings. The third kappa shape index (κ3) is 2.92. The van der Waals surface area contributed by atoms with Gasteiger partial charge in [-0.05, 0) is 75.4 Å². The molecule has 0 radical (unpaired) electrons. The Morgan fingerprint density at radius 1 is 1.25 bits per heavy atom. The zero-order chi connectivity index (χ0) is 11.8. The van der Waals surface area contributed by atoms with Crippen LogP contribution in [0.3, 0.4) is 0 Å². The molecular weight excluding hydrogens is 558 g/mol. The van der Waals surface area contributed by atoms with Crippen molar-refractivity contribution in [2.45, 2.75) is 10.7 Å². The Labute approximate surface area is 139 Å². The lowest BCUT2D eigenvalue weighted by Crippen LogP contribution is -2.17. The lowest BCUT2D eigenvalue weighted by molar-refractivity contribution is 0.791. The van der Waals surface area contributed by atoms with Gasteiger partial charge in [0.25, 0.3) is 0 Å². The van der Waals surface area contributed by atoms with Crippen molar-refractivity contribution in [1.29, 1.82) is 0 Å². The number of benzene rings is 1. The molecule has 0 aliphatic heterocycles. The average molecular weight is 566 g/mol. The van der Waals surface area contributed by atoms with Crippen LogP contribution in [0.4, 0.5) is 0 Å². The average Bonchev–Trinajstić information content (AvgIpc) is 2.26. The van der Waals surface area contributed by atoms with Crippen LogP contribution in [0.25, 0.3) is 0 Å². The number of rotatable bonds is 1. The van der Waals surface area contributed by atoms with E-state index in [1.165, 1.54) is 12.7 Å². The molecule has 0 amide bonds. The van der Waals surface area contributed by atoms with Gasteiger partial charge in [-0.2, -0.15) is 0 Å². The fourth-order valence-electron chi connectivity index (χ4n) is 1.61. The molecule has 1 unspecified atom stereocenters. The minimum atomic E-state index is -0.0536. The molecule has 0 bridgehead atoms. The number of alkyl halides is 1. The molecule has 0 spiro atoms. The molecule has 0 saturated carbocycles. The molecule has 4 heteroatoms. The quantitative estimate of drug-likeness (QED) is 0.293. The highest BCUT2D eigenvalue weighted by Gasteiger charge is 2.28. The van der Waals surface area contributed by atoms with E-state index in [9.17, 15) is 0 Å². The Morgan fingerprint density at radius 3 is 2.62 bits per heavy atom. The summed E-state index contributed by atoms with van der Waals surface area (Å²) in [6.45, 7) is 0. The number of hydrogen-bond acceptors (Lipinski definition) is 0. The Bertz CT molecular complexity index is 480. The van der Waals surface area contributed by atoms with Crippen LogP contribution in [0.2, 0.25) is 0 Å². The summed E-state index contributed by atoms with van der Waals surface area (Å²) in [4.78, 5) is 0. The number of hydrogen-bond donors (Lipinski definition) is 0. The zero-order valence-electron chi connectivity index (χ0n) is 8.18. The van der Waals surface area contributed by atoms with E-state index < -0.39 is 0 Å². The van der Waals surface area contributed by atoms with Gasteiger partial charge in [-0.3, -0.25) is 0 Å². The van der Waals surface area contributed by atoms with Crippen molar-refractivity contribution in [3.63, 3.8) is 0 Å². The van der Waals surface area contributed by atoms with Gasteiger partial charge in [0.05, 0.1) is 4.32 Å². The van der Waals surface area contributed by atoms with Crippen LogP contribution >= 0.6 is 77.0 Å². The fraction of sp³-hybridized carbons (Fsp3) is 0.167. The maximum Gasteiger partial charge on any atom is 0.0734 e. The predicted molar refractivity (Wildman–Crippen MR) is 93.3 cm³/mol. The molecular formula is C12H8Br2I2. The molecule has 16 heavy (non-hydrogen) atoms. The van der Waals surface area contributed by atoms with Crippen molar-refractivity contribution in [1.82, 2.24) is 0 Å². The maximum atomic E-state index is 3.86. The minimum Gasteiger partial charge on any atom is -0.0751 e. The second-order valence-electron chi connectivity index (χ2n) is 3.61. The van der Waals surface area contributed by atoms with E-state index in [2.05, 4.69) is 113 Å². The van der Waals surface area contributed by atoms with E-state index in [-0.39, 0.29) is 4.32 Å². The van der Waals surface area contributed by atoms with Crippen molar-refractivity contribution in [2.24, 2.45) is 0 Å². The smallest absolute Gasteiger partial charge is 0.0734 e. The minimum absolute atomic E-state index is 0.0536. The second-order valence-corrected chi connectivity index (χ2v) is 8.35. The SMILES string of the molecule is Brc1ccc(I)c(C2(Br)C=CC(I)=CC2)c1. The van der Waals surface area contributed by atoms with Gasteiger partial charge in [-0.1, -0.05) is 50.1 Å². The summed E-state index contributed by atoms with van der Waals surface area (Å²) in [5, 5.41) is 0. The van der Waals surface area contributed by atoms with Gasteiger partial charge in [0.1, 0.15) is 0 Å². The first-order valence-electron chi connectivity index (χ1n) is 4.71. The standard InChI is InChI=1S/C12H8Br2I2/c13-8-1-2-11(16)10(7-8)12(14)5-3-9(15)4-6-12/h1-5,7H,6H2. The van der Waals surface area contributed by atoms with Crippen molar-refractivity contribution < 1.29 is 0 Å². The molecule has 1 atom stereocenters. The lowest BCUT2D eigenvalue weighted by Gasteiger charge is -2.27. The van der Waals surface area contributed by atoms with Crippen LogP contribution in [-0.2, 0) is 4.32 Å².